The summed E-state index contributed by atoms with van der Waals surface area (Å²) in [6, 6.07) is 11.1. The Morgan fingerprint density at radius 3 is 2.41 bits per heavy atom. The maximum Gasteiger partial charge on any atom is 0.407 e. The molecule has 2 aliphatic carbocycles. The summed E-state index contributed by atoms with van der Waals surface area (Å²) in [5, 5.41) is 10.7. The molecule has 2 heterocycles. The number of nitrogens with one attached hydrogen (secondary N) is 1. The fourth-order valence-corrected chi connectivity index (χ4v) is 6.17. The quantitative estimate of drug-likeness (QED) is 0.523. The van der Waals surface area contributed by atoms with Crippen LogP contribution in [0.25, 0.3) is 22.3 Å². The molecule has 1 N–H and O–H groups in total. The zero-order chi connectivity index (χ0) is 24.3. The summed E-state index contributed by atoms with van der Waals surface area (Å²) in [5.74, 6) is 0. The fourth-order valence-electron chi connectivity index (χ4n) is 4.78. The zero-order valence-electron chi connectivity index (χ0n) is 18.5. The highest BCUT2D eigenvalue weighted by Gasteiger charge is 2.60. The normalized spacial score (nSPS) is 18.3. The van der Waals surface area contributed by atoms with Crippen LogP contribution >= 0.6 is 0 Å². The first-order valence-electron chi connectivity index (χ1n) is 11.2. The van der Waals surface area contributed by atoms with Gasteiger partial charge in [0.2, 0.25) is 10.0 Å². The third-order valence-electron chi connectivity index (χ3n) is 7.08. The van der Waals surface area contributed by atoms with Gasteiger partial charge in [-0.05, 0) is 69.2 Å². The number of alkyl halides is 3. The molecule has 5 rings (SSSR count). The number of pyridine rings is 1. The van der Waals surface area contributed by atoms with Crippen molar-refractivity contribution in [3.05, 3.63) is 47.7 Å². The number of nitrogens with zero attached hydrogens (tertiary/aromatic N) is 3. The monoisotopic (exact) mass is 488 g/mol. The van der Waals surface area contributed by atoms with Crippen LogP contribution in [-0.2, 0) is 10.0 Å². The molecule has 2 saturated carbocycles. The molecular formula is C24H23F3N4O2S. The van der Waals surface area contributed by atoms with Gasteiger partial charge in [0.25, 0.3) is 0 Å². The van der Waals surface area contributed by atoms with E-state index in [9.17, 15) is 26.9 Å². The van der Waals surface area contributed by atoms with Gasteiger partial charge < -0.3 is 4.57 Å². The molecule has 0 radical (unpaired) electrons. The molecule has 0 unspecified atom stereocenters. The minimum atomic E-state index is -4.67. The molecule has 6 nitrogen and oxygen atoms in total. The minimum Gasteiger partial charge on any atom is -0.335 e. The van der Waals surface area contributed by atoms with Crippen LogP contribution in [0.4, 0.5) is 13.2 Å². The molecule has 0 atom stereocenters. The van der Waals surface area contributed by atoms with Gasteiger partial charge in [-0.3, -0.25) is 4.98 Å². The maximum atomic E-state index is 13.5. The summed E-state index contributed by atoms with van der Waals surface area (Å²) in [4.78, 5) is 3.97. The molecule has 3 aromatic rings. The van der Waals surface area contributed by atoms with Crippen LogP contribution in [0.3, 0.4) is 0 Å². The Kier molecular flexibility index (Phi) is 5.26. The van der Waals surface area contributed by atoms with E-state index in [4.69, 9.17) is 0 Å². The van der Waals surface area contributed by atoms with Crippen molar-refractivity contribution in [3.8, 4) is 17.5 Å². The van der Waals surface area contributed by atoms with Crippen molar-refractivity contribution in [2.24, 2.45) is 0 Å². The third-order valence-corrected chi connectivity index (χ3v) is 8.60. The van der Waals surface area contributed by atoms with Crippen molar-refractivity contribution in [1.82, 2.24) is 14.3 Å². The number of rotatable bonds is 5. The number of aryl methyl sites for hydroxylation is 1. The van der Waals surface area contributed by atoms with Crippen molar-refractivity contribution in [2.75, 3.05) is 0 Å². The van der Waals surface area contributed by atoms with E-state index >= 15 is 0 Å². The lowest BCUT2D eigenvalue weighted by molar-refractivity contribution is -0.212. The van der Waals surface area contributed by atoms with E-state index in [1.807, 2.05) is 29.8 Å². The summed E-state index contributed by atoms with van der Waals surface area (Å²) in [6.07, 6.45) is -0.862. The predicted octanol–water partition coefficient (Wildman–Crippen LogP) is 5.37. The first-order valence-corrected chi connectivity index (χ1v) is 12.7. The Bertz CT molecular complexity index is 1410. The molecule has 0 bridgehead atoms. The number of aromatic nitrogens is 2. The lowest BCUT2D eigenvalue weighted by Gasteiger charge is -2.43. The Hall–Kier alpha value is -2.90. The molecule has 1 aromatic carbocycles. The molecular weight excluding hydrogens is 465 g/mol. The van der Waals surface area contributed by atoms with Crippen molar-refractivity contribution in [3.63, 3.8) is 0 Å². The number of halogens is 3. The highest BCUT2D eigenvalue weighted by Crippen LogP contribution is 2.46. The highest BCUT2D eigenvalue weighted by atomic mass is 32.2. The predicted molar refractivity (Wildman–Crippen MR) is 120 cm³/mol. The molecule has 0 saturated heterocycles. The van der Waals surface area contributed by atoms with Crippen molar-refractivity contribution in [2.45, 2.75) is 68.1 Å². The molecule has 0 aliphatic heterocycles. The van der Waals surface area contributed by atoms with Gasteiger partial charge in [0.15, 0.2) is 0 Å². The molecule has 10 heteroatoms. The maximum absolute atomic E-state index is 13.5. The minimum absolute atomic E-state index is 0.207. The standard InChI is InChI=1S/C24H23F3N4O2S/c1-15-6-8-18-19(13-28)22(31(21(18)12-15)16-4-2-5-16)20-9-7-17(14-29-20)34(32,33)30-23(10-3-11-23)24(25,26)27/h6-9,12,14,16,30H,2-5,10-11H2,1H3. The summed E-state index contributed by atoms with van der Waals surface area (Å²) < 4.78 is 69.9. The van der Waals surface area contributed by atoms with Gasteiger partial charge in [-0.2, -0.15) is 23.2 Å². The van der Waals surface area contributed by atoms with Crippen molar-refractivity contribution < 1.29 is 21.6 Å². The van der Waals surface area contributed by atoms with Crippen LogP contribution in [0.5, 0.6) is 0 Å². The second-order valence-electron chi connectivity index (χ2n) is 9.23. The van der Waals surface area contributed by atoms with E-state index in [1.54, 1.807) is 0 Å². The largest absolute Gasteiger partial charge is 0.407 e. The average Bonchev–Trinajstić information content (AvgIpc) is 3.02. The molecule has 34 heavy (non-hydrogen) atoms. The SMILES string of the molecule is Cc1ccc2c(C#N)c(-c3ccc(S(=O)(=O)NC4(C(F)(F)F)CCC4)cn3)n(C3CCC3)c2c1. The smallest absolute Gasteiger partial charge is 0.335 e. The Labute approximate surface area is 195 Å². The molecule has 2 aliphatic rings. The van der Waals surface area contributed by atoms with Crippen LogP contribution in [0.1, 0.15) is 55.7 Å². The van der Waals surface area contributed by atoms with Gasteiger partial charge in [0, 0.05) is 17.6 Å². The summed E-state index contributed by atoms with van der Waals surface area (Å²) >= 11 is 0. The van der Waals surface area contributed by atoms with E-state index in [0.717, 1.165) is 41.9 Å². The number of hydrogen-bond acceptors (Lipinski definition) is 4. The van der Waals surface area contributed by atoms with Gasteiger partial charge >= 0.3 is 6.18 Å². The lowest BCUT2D eigenvalue weighted by Crippen LogP contribution is -2.62. The highest BCUT2D eigenvalue weighted by molar-refractivity contribution is 7.89. The third kappa shape index (κ3) is 3.49. The Morgan fingerprint density at radius 2 is 1.91 bits per heavy atom. The molecule has 2 fully saturated rings. The van der Waals surface area contributed by atoms with Crippen LogP contribution in [0.15, 0.2) is 41.4 Å². The number of nitriles is 1. The van der Waals surface area contributed by atoms with Gasteiger partial charge in [0.1, 0.15) is 16.5 Å². The van der Waals surface area contributed by atoms with E-state index in [0.29, 0.717) is 23.4 Å². The van der Waals surface area contributed by atoms with Gasteiger partial charge in [-0.1, -0.05) is 12.1 Å². The summed E-state index contributed by atoms with van der Waals surface area (Å²) in [6.45, 7) is 1.98. The second kappa shape index (κ2) is 7.82. The first-order chi connectivity index (χ1) is 16.1. The Balaban J connectivity index is 1.57. The van der Waals surface area contributed by atoms with Crippen molar-refractivity contribution >= 4 is 20.9 Å². The van der Waals surface area contributed by atoms with E-state index in [1.165, 1.54) is 12.1 Å². The van der Waals surface area contributed by atoms with Crippen LogP contribution in [0, 0.1) is 18.3 Å². The number of hydrogen-bond donors (Lipinski definition) is 1. The van der Waals surface area contributed by atoms with E-state index in [-0.39, 0.29) is 23.8 Å². The van der Waals surface area contributed by atoms with Gasteiger partial charge in [-0.15, -0.1) is 0 Å². The Morgan fingerprint density at radius 1 is 1.18 bits per heavy atom. The number of sulfonamides is 1. The lowest BCUT2D eigenvalue weighted by atomic mass is 9.77. The number of benzene rings is 1. The topological polar surface area (TPSA) is 87.8 Å². The first kappa shape index (κ1) is 22.9. The molecule has 178 valence electrons. The zero-order valence-corrected chi connectivity index (χ0v) is 19.3. The fraction of sp³-hybridized carbons (Fsp3) is 0.417. The van der Waals surface area contributed by atoms with Crippen LogP contribution < -0.4 is 4.72 Å². The summed E-state index contributed by atoms with van der Waals surface area (Å²) in [5.41, 5.74) is 1.02. The van der Waals surface area contributed by atoms with E-state index < -0.39 is 21.7 Å². The number of fused-ring (bicyclic) bond motifs is 1. The van der Waals surface area contributed by atoms with Crippen molar-refractivity contribution in [1.29, 1.82) is 5.26 Å². The second-order valence-corrected chi connectivity index (χ2v) is 10.9. The molecule has 2 aromatic heterocycles. The average molecular weight is 489 g/mol. The van der Waals surface area contributed by atoms with Gasteiger partial charge in [0.05, 0.1) is 22.5 Å². The van der Waals surface area contributed by atoms with E-state index in [2.05, 4.69) is 15.6 Å². The van der Waals surface area contributed by atoms with Gasteiger partial charge in [-0.25, -0.2) is 8.42 Å². The van der Waals surface area contributed by atoms with Crippen LogP contribution in [-0.4, -0.2) is 29.7 Å². The van der Waals surface area contributed by atoms with Crippen LogP contribution in [0.2, 0.25) is 0 Å². The molecule has 0 spiro atoms. The molecule has 0 amide bonds. The summed E-state index contributed by atoms with van der Waals surface area (Å²) in [7, 11) is -4.43.